The SMILES string of the molecule is CCN(CCN(C)CCN(CCC(=O)OC)CCC(=O)OC)CCN(CCC(=O)OC)CCC(=O)OC. The van der Waals surface area contributed by atoms with Crippen molar-refractivity contribution < 1.29 is 38.1 Å². The number of ether oxygens (including phenoxy) is 4. The molecule has 0 aromatic heterocycles. The van der Waals surface area contributed by atoms with E-state index in [-0.39, 0.29) is 49.6 Å². The Morgan fingerprint density at radius 1 is 0.459 bits per heavy atom. The van der Waals surface area contributed by atoms with Crippen LogP contribution in [0.25, 0.3) is 0 Å². The molecule has 0 bridgehead atoms. The standard InChI is InChI=1S/C25H48N4O8/c1-7-27(20-21-29(14-10-24(32)36-5)15-11-25(33)37-6)18-16-26(2)17-19-28(12-8-22(30)34-3)13-9-23(31)35-4/h7-21H2,1-6H3. The zero-order valence-electron chi connectivity index (χ0n) is 23.7. The first-order chi connectivity index (χ1) is 17.7. The number of likely N-dealkylation sites (N-methyl/N-ethyl adjacent to an activating group) is 2. The molecule has 0 spiro atoms. The molecule has 0 heterocycles. The molecular formula is C25H48N4O8. The smallest absolute Gasteiger partial charge is 0.306 e. The van der Waals surface area contributed by atoms with E-state index in [0.29, 0.717) is 32.7 Å². The van der Waals surface area contributed by atoms with Crippen molar-refractivity contribution in [3.63, 3.8) is 0 Å². The van der Waals surface area contributed by atoms with Crippen LogP contribution in [-0.2, 0) is 38.1 Å². The maximum absolute atomic E-state index is 11.6. The molecule has 12 nitrogen and oxygen atoms in total. The highest BCUT2D eigenvalue weighted by Crippen LogP contribution is 2.01. The van der Waals surface area contributed by atoms with Crippen LogP contribution in [0.3, 0.4) is 0 Å². The lowest BCUT2D eigenvalue weighted by Gasteiger charge is -2.29. The summed E-state index contributed by atoms with van der Waals surface area (Å²) in [6, 6.07) is 0. The van der Waals surface area contributed by atoms with Gasteiger partial charge in [-0.1, -0.05) is 6.92 Å². The number of esters is 4. The zero-order chi connectivity index (χ0) is 28.1. The molecule has 0 aliphatic heterocycles. The summed E-state index contributed by atoms with van der Waals surface area (Å²) in [6.07, 6.45) is 1.09. The van der Waals surface area contributed by atoms with E-state index in [2.05, 4.69) is 26.5 Å². The van der Waals surface area contributed by atoms with Crippen molar-refractivity contribution in [3.05, 3.63) is 0 Å². The number of hydrogen-bond acceptors (Lipinski definition) is 12. The Hall–Kier alpha value is -2.28. The zero-order valence-corrected chi connectivity index (χ0v) is 23.7. The number of hydrogen-bond donors (Lipinski definition) is 0. The third-order valence-corrected chi connectivity index (χ3v) is 6.21. The molecule has 0 aliphatic rings. The molecule has 0 aromatic carbocycles. The molecule has 0 aliphatic carbocycles. The van der Waals surface area contributed by atoms with Gasteiger partial charge in [-0.25, -0.2) is 0 Å². The maximum Gasteiger partial charge on any atom is 0.306 e. The van der Waals surface area contributed by atoms with Gasteiger partial charge in [0.05, 0.1) is 54.1 Å². The minimum Gasteiger partial charge on any atom is -0.469 e. The van der Waals surface area contributed by atoms with Crippen LogP contribution in [0.15, 0.2) is 0 Å². The molecule has 0 saturated carbocycles. The maximum atomic E-state index is 11.6. The highest BCUT2D eigenvalue weighted by Gasteiger charge is 2.15. The van der Waals surface area contributed by atoms with E-state index in [1.807, 2.05) is 7.05 Å². The number of methoxy groups -OCH3 is 4. The number of carbonyl (C=O) groups excluding carboxylic acids is 4. The van der Waals surface area contributed by atoms with Crippen LogP contribution in [-0.4, -0.2) is 151 Å². The first kappa shape index (κ1) is 34.7. The third-order valence-electron chi connectivity index (χ3n) is 6.21. The molecule has 0 rings (SSSR count). The summed E-state index contributed by atoms with van der Waals surface area (Å²) in [4.78, 5) is 54.9. The van der Waals surface area contributed by atoms with Crippen LogP contribution in [0.5, 0.6) is 0 Å². The van der Waals surface area contributed by atoms with Crippen LogP contribution in [0, 0.1) is 0 Å². The van der Waals surface area contributed by atoms with Gasteiger partial charge in [0.25, 0.3) is 0 Å². The van der Waals surface area contributed by atoms with E-state index < -0.39 is 0 Å². The van der Waals surface area contributed by atoms with Crippen molar-refractivity contribution >= 4 is 23.9 Å². The second-order valence-corrected chi connectivity index (χ2v) is 8.73. The minimum absolute atomic E-state index is 0.271. The Kier molecular flexibility index (Phi) is 20.4. The fraction of sp³-hybridized carbons (Fsp3) is 0.840. The first-order valence-corrected chi connectivity index (χ1v) is 12.8. The molecule has 0 radical (unpaired) electrons. The molecule has 216 valence electrons. The van der Waals surface area contributed by atoms with Crippen molar-refractivity contribution in [1.82, 2.24) is 19.6 Å². The summed E-state index contributed by atoms with van der Waals surface area (Å²) in [5.74, 6) is -1.10. The van der Waals surface area contributed by atoms with Crippen molar-refractivity contribution in [1.29, 1.82) is 0 Å². The predicted octanol–water partition coefficient (Wildman–Crippen LogP) is 0.0965. The van der Waals surface area contributed by atoms with Gasteiger partial charge in [0.15, 0.2) is 0 Å². The molecule has 0 aromatic rings. The predicted molar refractivity (Wildman–Crippen MR) is 139 cm³/mol. The van der Waals surface area contributed by atoms with Gasteiger partial charge in [-0.15, -0.1) is 0 Å². The molecule has 0 unspecified atom stereocenters. The van der Waals surface area contributed by atoms with E-state index in [0.717, 1.165) is 39.3 Å². The lowest BCUT2D eigenvalue weighted by molar-refractivity contribution is -0.142. The van der Waals surface area contributed by atoms with Crippen LogP contribution in [0.2, 0.25) is 0 Å². The van der Waals surface area contributed by atoms with E-state index in [9.17, 15) is 19.2 Å². The number of carbonyl (C=O) groups is 4. The molecule has 0 atom stereocenters. The van der Waals surface area contributed by atoms with E-state index in [1.54, 1.807) is 0 Å². The Bertz CT molecular complexity index is 625. The summed E-state index contributed by atoms with van der Waals surface area (Å²) in [5, 5.41) is 0. The summed E-state index contributed by atoms with van der Waals surface area (Å²) < 4.78 is 18.9. The van der Waals surface area contributed by atoms with Gasteiger partial charge in [-0.2, -0.15) is 0 Å². The van der Waals surface area contributed by atoms with Gasteiger partial charge in [-0.3, -0.25) is 19.2 Å². The lowest BCUT2D eigenvalue weighted by Crippen LogP contribution is -2.41. The molecular weight excluding hydrogens is 484 g/mol. The van der Waals surface area contributed by atoms with Crippen LogP contribution in [0.1, 0.15) is 32.6 Å². The Labute approximate surface area is 222 Å². The topological polar surface area (TPSA) is 118 Å². The molecule has 0 amide bonds. The largest absolute Gasteiger partial charge is 0.469 e. The van der Waals surface area contributed by atoms with Crippen molar-refractivity contribution in [3.8, 4) is 0 Å². The van der Waals surface area contributed by atoms with Gasteiger partial charge >= 0.3 is 23.9 Å². The van der Waals surface area contributed by atoms with Gasteiger partial charge in [0.1, 0.15) is 0 Å². The third kappa shape index (κ3) is 18.6. The quantitative estimate of drug-likeness (QED) is 0.139. The van der Waals surface area contributed by atoms with Crippen molar-refractivity contribution in [2.45, 2.75) is 32.6 Å². The molecule has 0 saturated heterocycles. The summed E-state index contributed by atoms with van der Waals surface area (Å²) in [6.45, 7) is 9.79. The van der Waals surface area contributed by atoms with E-state index in [1.165, 1.54) is 28.4 Å². The van der Waals surface area contributed by atoms with E-state index in [4.69, 9.17) is 18.9 Å². The fourth-order valence-electron chi connectivity index (χ4n) is 3.52. The molecule has 37 heavy (non-hydrogen) atoms. The van der Waals surface area contributed by atoms with E-state index >= 15 is 0 Å². The van der Waals surface area contributed by atoms with Crippen molar-refractivity contribution in [2.24, 2.45) is 0 Å². The minimum atomic E-state index is -0.276. The van der Waals surface area contributed by atoms with Crippen LogP contribution >= 0.6 is 0 Å². The molecule has 12 heteroatoms. The summed E-state index contributed by atoms with van der Waals surface area (Å²) in [5.41, 5.74) is 0. The number of rotatable bonds is 22. The normalized spacial score (nSPS) is 11.3. The van der Waals surface area contributed by atoms with Crippen LogP contribution in [0.4, 0.5) is 0 Å². The average molecular weight is 533 g/mol. The average Bonchev–Trinajstić information content (AvgIpc) is 2.92. The Morgan fingerprint density at radius 3 is 1.03 bits per heavy atom. The Balaban J connectivity index is 4.65. The van der Waals surface area contributed by atoms with Crippen molar-refractivity contribution in [2.75, 3.05) is 107 Å². The molecule has 0 N–H and O–H groups in total. The second kappa shape index (κ2) is 21.8. The second-order valence-electron chi connectivity index (χ2n) is 8.73. The Morgan fingerprint density at radius 2 is 0.730 bits per heavy atom. The fourth-order valence-corrected chi connectivity index (χ4v) is 3.52. The lowest BCUT2D eigenvalue weighted by atomic mass is 10.3. The highest BCUT2D eigenvalue weighted by molar-refractivity contribution is 5.70. The van der Waals surface area contributed by atoms with Gasteiger partial charge in [0.2, 0.25) is 0 Å². The van der Waals surface area contributed by atoms with Gasteiger partial charge in [0, 0.05) is 65.4 Å². The summed E-state index contributed by atoms with van der Waals surface area (Å²) in [7, 11) is 7.52. The molecule has 0 fully saturated rings. The number of nitrogens with zero attached hydrogens (tertiary/aromatic N) is 4. The van der Waals surface area contributed by atoms with Crippen LogP contribution < -0.4 is 0 Å². The highest BCUT2D eigenvalue weighted by atomic mass is 16.5. The van der Waals surface area contributed by atoms with Gasteiger partial charge < -0.3 is 38.5 Å². The summed E-state index contributed by atoms with van der Waals surface area (Å²) >= 11 is 0. The monoisotopic (exact) mass is 532 g/mol. The van der Waals surface area contributed by atoms with Gasteiger partial charge in [-0.05, 0) is 13.6 Å². The first-order valence-electron chi connectivity index (χ1n) is 12.8.